The lowest BCUT2D eigenvalue weighted by Gasteiger charge is -2.24. The molecule has 32 heavy (non-hydrogen) atoms. The summed E-state index contributed by atoms with van der Waals surface area (Å²) in [6.45, 7) is 14.5. The molecule has 0 unspecified atom stereocenters. The smallest absolute Gasteiger partial charge is 0.410 e. The molecule has 2 heterocycles. The van der Waals surface area contributed by atoms with Crippen molar-refractivity contribution in [3.8, 4) is 0 Å². The molecule has 0 bridgehead atoms. The number of hydrogen-bond acceptors (Lipinski definition) is 6. The third-order valence-corrected chi connectivity index (χ3v) is 5.34. The minimum Gasteiger partial charge on any atom is -0.444 e. The van der Waals surface area contributed by atoms with Gasteiger partial charge in [0.1, 0.15) is 17.5 Å². The molecule has 0 aromatic rings. The van der Waals surface area contributed by atoms with E-state index in [4.69, 9.17) is 14.6 Å². The van der Waals surface area contributed by atoms with Crippen molar-refractivity contribution in [2.24, 2.45) is 11.8 Å². The molecule has 2 fully saturated rings. The average Bonchev–Trinajstić information content (AvgIpc) is 3.32. The number of nitrogens with zero attached hydrogens (tertiary/aromatic N) is 2. The molecule has 186 valence electrons. The summed E-state index contributed by atoms with van der Waals surface area (Å²) in [6.07, 6.45) is 5.79. The van der Waals surface area contributed by atoms with Crippen LogP contribution in [0.1, 0.15) is 80.1 Å². The lowest BCUT2D eigenvalue weighted by atomic mass is 10.0. The van der Waals surface area contributed by atoms with Crippen LogP contribution in [-0.4, -0.2) is 77.4 Å². The summed E-state index contributed by atoms with van der Waals surface area (Å²) in [4.78, 5) is 37.2. The van der Waals surface area contributed by atoms with Crippen molar-refractivity contribution in [1.29, 1.82) is 0 Å². The molecular formula is C24H44N2O6. The molecule has 8 nitrogen and oxygen atoms in total. The fourth-order valence-corrected chi connectivity index (χ4v) is 3.80. The molecule has 0 spiro atoms. The molecule has 0 aliphatic carbocycles. The molecule has 0 saturated carbocycles. The van der Waals surface area contributed by atoms with Crippen molar-refractivity contribution in [3.63, 3.8) is 0 Å². The van der Waals surface area contributed by atoms with Crippen LogP contribution in [0.25, 0.3) is 0 Å². The lowest BCUT2D eigenvalue weighted by Crippen LogP contribution is -2.35. The van der Waals surface area contributed by atoms with E-state index in [0.717, 1.165) is 64.6 Å². The summed E-state index contributed by atoms with van der Waals surface area (Å²) >= 11 is 0. The van der Waals surface area contributed by atoms with Crippen LogP contribution in [0.15, 0.2) is 0 Å². The Morgan fingerprint density at radius 1 is 0.875 bits per heavy atom. The van der Waals surface area contributed by atoms with Crippen molar-refractivity contribution < 1.29 is 29.0 Å². The molecule has 2 aliphatic rings. The highest BCUT2D eigenvalue weighted by Crippen LogP contribution is 2.23. The first-order valence-corrected chi connectivity index (χ1v) is 11.8. The third kappa shape index (κ3) is 11.7. The highest BCUT2D eigenvalue weighted by atomic mass is 16.6. The molecule has 2 amide bonds. The Balaban J connectivity index is 0.000000320. The van der Waals surface area contributed by atoms with Crippen molar-refractivity contribution >= 4 is 18.5 Å². The van der Waals surface area contributed by atoms with E-state index < -0.39 is 11.2 Å². The van der Waals surface area contributed by atoms with E-state index in [1.807, 2.05) is 41.5 Å². The Labute approximate surface area is 193 Å². The van der Waals surface area contributed by atoms with Crippen LogP contribution in [0.4, 0.5) is 9.59 Å². The average molecular weight is 457 g/mol. The number of ether oxygens (including phenoxy) is 2. The number of rotatable bonds is 6. The van der Waals surface area contributed by atoms with Crippen LogP contribution in [0.3, 0.4) is 0 Å². The lowest BCUT2D eigenvalue weighted by molar-refractivity contribution is -0.108. The van der Waals surface area contributed by atoms with Gasteiger partial charge in [-0.3, -0.25) is 0 Å². The van der Waals surface area contributed by atoms with Crippen LogP contribution < -0.4 is 0 Å². The van der Waals surface area contributed by atoms with Gasteiger partial charge >= 0.3 is 12.2 Å². The monoisotopic (exact) mass is 456 g/mol. The molecule has 2 atom stereocenters. The van der Waals surface area contributed by atoms with Gasteiger partial charge in [0.2, 0.25) is 0 Å². The Morgan fingerprint density at radius 2 is 1.31 bits per heavy atom. The van der Waals surface area contributed by atoms with Gasteiger partial charge in [-0.1, -0.05) is 0 Å². The van der Waals surface area contributed by atoms with Crippen molar-refractivity contribution in [1.82, 2.24) is 9.80 Å². The molecule has 1 N–H and O–H groups in total. The Bertz CT molecular complexity index is 596. The maximum Gasteiger partial charge on any atom is 0.410 e. The van der Waals surface area contributed by atoms with Gasteiger partial charge in [-0.05, 0) is 85.5 Å². The van der Waals surface area contributed by atoms with Crippen molar-refractivity contribution in [3.05, 3.63) is 0 Å². The Hall–Kier alpha value is -1.83. The van der Waals surface area contributed by atoms with E-state index in [1.165, 1.54) is 0 Å². The van der Waals surface area contributed by atoms with Crippen LogP contribution in [0.2, 0.25) is 0 Å². The van der Waals surface area contributed by atoms with Gasteiger partial charge in [0, 0.05) is 39.2 Å². The topological polar surface area (TPSA) is 96.4 Å². The zero-order valence-corrected chi connectivity index (χ0v) is 20.9. The largest absolute Gasteiger partial charge is 0.444 e. The minimum absolute atomic E-state index is 0.209. The van der Waals surface area contributed by atoms with E-state index >= 15 is 0 Å². The van der Waals surface area contributed by atoms with E-state index in [0.29, 0.717) is 18.3 Å². The van der Waals surface area contributed by atoms with Crippen LogP contribution in [0.5, 0.6) is 0 Å². The summed E-state index contributed by atoms with van der Waals surface area (Å²) in [5.74, 6) is 0.984. The first-order chi connectivity index (χ1) is 14.8. The van der Waals surface area contributed by atoms with Gasteiger partial charge in [-0.25, -0.2) is 9.59 Å². The maximum atomic E-state index is 11.7. The normalized spacial score (nSPS) is 21.1. The molecule has 2 aliphatic heterocycles. The number of hydrogen-bond donors (Lipinski definition) is 1. The number of carbonyl (C=O) groups excluding carboxylic acids is 3. The maximum absolute atomic E-state index is 11.7. The molecular weight excluding hydrogens is 412 g/mol. The molecule has 0 aromatic heterocycles. The van der Waals surface area contributed by atoms with E-state index in [2.05, 4.69) is 0 Å². The molecule has 2 rings (SSSR count). The van der Waals surface area contributed by atoms with Crippen LogP contribution in [-0.2, 0) is 14.3 Å². The Morgan fingerprint density at radius 3 is 1.69 bits per heavy atom. The van der Waals surface area contributed by atoms with Gasteiger partial charge < -0.3 is 29.2 Å². The van der Waals surface area contributed by atoms with Crippen molar-refractivity contribution in [2.75, 3.05) is 32.8 Å². The van der Waals surface area contributed by atoms with Gasteiger partial charge in [0.15, 0.2) is 0 Å². The molecule has 2 saturated heterocycles. The SMILES string of the molecule is CC(C)(C)OC(=O)N1CC[C@H](CCC=O)C1.CC(C)(C)OC(=O)N1CC[C@H](CCCO)C1. The number of aliphatic hydroxyl groups excluding tert-OH is 1. The van der Waals surface area contributed by atoms with Crippen molar-refractivity contribution in [2.45, 2.75) is 91.3 Å². The summed E-state index contributed by atoms with van der Waals surface area (Å²) in [5, 5.41) is 8.75. The van der Waals surface area contributed by atoms with E-state index in [9.17, 15) is 14.4 Å². The molecule has 8 heteroatoms. The second-order valence-electron chi connectivity index (χ2n) is 10.8. The molecule has 0 aromatic carbocycles. The summed E-state index contributed by atoms with van der Waals surface area (Å²) in [6, 6.07) is 0. The number of aldehydes is 1. The highest BCUT2D eigenvalue weighted by Gasteiger charge is 2.30. The Kier molecular flexibility index (Phi) is 11.5. The standard InChI is InChI=1S/C12H23NO3.C12H21NO3/c2*1-12(2,3)16-11(15)13-7-6-10(9-13)5-4-8-14/h10,14H,4-9H2,1-3H3;8,10H,4-7,9H2,1-3H3/t2*10-/m00/s1. The quantitative estimate of drug-likeness (QED) is 0.601. The predicted molar refractivity (Wildman–Crippen MR) is 123 cm³/mol. The number of aliphatic hydroxyl groups is 1. The first-order valence-electron chi connectivity index (χ1n) is 11.8. The van der Waals surface area contributed by atoms with Gasteiger partial charge in [-0.2, -0.15) is 0 Å². The number of likely N-dealkylation sites (tertiary alicyclic amines) is 2. The molecule has 0 radical (unpaired) electrons. The van der Waals surface area contributed by atoms with Crippen LogP contribution >= 0.6 is 0 Å². The van der Waals surface area contributed by atoms with Gasteiger partial charge in [0.05, 0.1) is 0 Å². The van der Waals surface area contributed by atoms with Gasteiger partial charge in [0.25, 0.3) is 0 Å². The number of amides is 2. The fraction of sp³-hybridized carbons (Fsp3) is 0.875. The highest BCUT2D eigenvalue weighted by molar-refractivity contribution is 5.68. The second kappa shape index (κ2) is 13.0. The zero-order valence-electron chi connectivity index (χ0n) is 20.9. The minimum atomic E-state index is -0.433. The third-order valence-electron chi connectivity index (χ3n) is 5.34. The predicted octanol–water partition coefficient (Wildman–Crippen LogP) is 4.24. The van der Waals surface area contributed by atoms with E-state index in [1.54, 1.807) is 9.80 Å². The summed E-state index contributed by atoms with van der Waals surface area (Å²) in [5.41, 5.74) is -0.849. The summed E-state index contributed by atoms with van der Waals surface area (Å²) in [7, 11) is 0. The van der Waals surface area contributed by atoms with Crippen LogP contribution in [0, 0.1) is 11.8 Å². The number of carbonyl (C=O) groups is 3. The van der Waals surface area contributed by atoms with Gasteiger partial charge in [-0.15, -0.1) is 0 Å². The summed E-state index contributed by atoms with van der Waals surface area (Å²) < 4.78 is 10.6. The first kappa shape index (κ1) is 28.2. The zero-order chi connectivity index (χ0) is 24.4. The fourth-order valence-electron chi connectivity index (χ4n) is 3.80. The second-order valence-corrected chi connectivity index (χ2v) is 10.8. The van der Waals surface area contributed by atoms with E-state index in [-0.39, 0.29) is 18.8 Å².